The summed E-state index contributed by atoms with van der Waals surface area (Å²) >= 11 is 0. The van der Waals surface area contributed by atoms with Crippen LogP contribution >= 0.6 is 0 Å². The lowest BCUT2D eigenvalue weighted by molar-refractivity contribution is 0.0858. The molecule has 0 aliphatic carbocycles. The second-order valence-electron chi connectivity index (χ2n) is 4.19. The first-order chi connectivity index (χ1) is 7.69. The van der Waals surface area contributed by atoms with Gasteiger partial charge in [-0.3, -0.25) is 0 Å². The molecule has 0 aromatic heterocycles. The van der Waals surface area contributed by atoms with E-state index in [2.05, 4.69) is 6.58 Å². The molecule has 0 aliphatic rings. The number of benzene rings is 1. The van der Waals surface area contributed by atoms with E-state index >= 15 is 0 Å². The minimum absolute atomic E-state index is 0.0277. The van der Waals surface area contributed by atoms with Gasteiger partial charge < -0.3 is 10.2 Å². The van der Waals surface area contributed by atoms with Crippen LogP contribution in [0.4, 0.5) is 0 Å². The summed E-state index contributed by atoms with van der Waals surface area (Å²) in [5.74, 6) is -0.0369. The molecule has 2 nitrogen and oxygen atoms in total. The summed E-state index contributed by atoms with van der Waals surface area (Å²) in [6.45, 7) is 5.52. The van der Waals surface area contributed by atoms with Crippen molar-refractivity contribution in [2.45, 2.75) is 19.4 Å². The molecule has 2 heteroatoms. The van der Waals surface area contributed by atoms with Crippen LogP contribution in [0.3, 0.4) is 0 Å². The first-order valence-electron chi connectivity index (χ1n) is 5.64. The Balaban J connectivity index is 2.71. The van der Waals surface area contributed by atoms with Gasteiger partial charge in [0, 0.05) is 12.5 Å². The Kier molecular flexibility index (Phi) is 5.23. The smallest absolute Gasteiger partial charge is 0.0578 e. The molecule has 0 unspecified atom stereocenters. The molecule has 0 radical (unpaired) electrons. The van der Waals surface area contributed by atoms with E-state index in [4.69, 9.17) is 0 Å². The highest BCUT2D eigenvalue weighted by molar-refractivity contribution is 5.15. The lowest BCUT2D eigenvalue weighted by atomic mass is 9.84. The lowest BCUT2D eigenvalue weighted by Crippen LogP contribution is -2.28. The van der Waals surface area contributed by atoms with Crippen molar-refractivity contribution < 1.29 is 10.2 Å². The maximum Gasteiger partial charge on any atom is 0.0578 e. The van der Waals surface area contributed by atoms with Crippen molar-refractivity contribution in [2.24, 2.45) is 11.8 Å². The zero-order valence-electron chi connectivity index (χ0n) is 9.71. The van der Waals surface area contributed by atoms with Crippen LogP contribution in [-0.2, 0) is 6.42 Å². The average Bonchev–Trinajstić information content (AvgIpc) is 2.29. The number of hydrogen-bond acceptors (Lipinski definition) is 2. The molecule has 0 amide bonds. The van der Waals surface area contributed by atoms with Gasteiger partial charge in [0.1, 0.15) is 0 Å². The predicted molar refractivity (Wildman–Crippen MR) is 66.1 cm³/mol. The van der Waals surface area contributed by atoms with Crippen LogP contribution in [0.5, 0.6) is 0 Å². The molecule has 0 spiro atoms. The van der Waals surface area contributed by atoms with Gasteiger partial charge in [-0.25, -0.2) is 0 Å². The molecule has 0 heterocycles. The van der Waals surface area contributed by atoms with Gasteiger partial charge >= 0.3 is 0 Å². The summed E-state index contributed by atoms with van der Waals surface area (Å²) in [5, 5.41) is 19.0. The molecule has 0 fully saturated rings. The van der Waals surface area contributed by atoms with E-state index in [-0.39, 0.29) is 18.4 Å². The van der Waals surface area contributed by atoms with E-state index in [1.165, 1.54) is 5.56 Å². The van der Waals surface area contributed by atoms with Crippen LogP contribution in [0.2, 0.25) is 0 Å². The van der Waals surface area contributed by atoms with E-state index in [1.807, 2.05) is 30.3 Å². The van der Waals surface area contributed by atoms with Crippen molar-refractivity contribution in [1.29, 1.82) is 0 Å². The molecule has 1 aromatic carbocycles. The Hall–Kier alpha value is -1.12. The van der Waals surface area contributed by atoms with Crippen molar-refractivity contribution in [1.82, 2.24) is 0 Å². The average molecular weight is 220 g/mol. The van der Waals surface area contributed by atoms with Gasteiger partial charge in [-0.05, 0) is 24.8 Å². The van der Waals surface area contributed by atoms with E-state index in [9.17, 15) is 10.2 Å². The molecule has 0 saturated carbocycles. The van der Waals surface area contributed by atoms with Gasteiger partial charge in [0.2, 0.25) is 0 Å². The molecule has 0 bridgehead atoms. The van der Waals surface area contributed by atoms with Crippen molar-refractivity contribution in [3.8, 4) is 0 Å². The van der Waals surface area contributed by atoms with Gasteiger partial charge in [0.05, 0.1) is 6.10 Å². The van der Waals surface area contributed by atoms with E-state index in [0.29, 0.717) is 0 Å². The fourth-order valence-corrected chi connectivity index (χ4v) is 2.02. The van der Waals surface area contributed by atoms with Gasteiger partial charge in [-0.15, -0.1) is 6.58 Å². The fraction of sp³-hybridized carbons (Fsp3) is 0.429. The normalized spacial score (nSPS) is 16.4. The third-order valence-corrected chi connectivity index (χ3v) is 2.95. The quantitative estimate of drug-likeness (QED) is 0.720. The first-order valence-corrected chi connectivity index (χ1v) is 5.64. The topological polar surface area (TPSA) is 40.5 Å². The van der Waals surface area contributed by atoms with Crippen LogP contribution in [-0.4, -0.2) is 22.9 Å². The largest absolute Gasteiger partial charge is 0.396 e. The predicted octanol–water partition coefficient (Wildman–Crippen LogP) is 2.02. The van der Waals surface area contributed by atoms with Crippen LogP contribution in [0.1, 0.15) is 12.5 Å². The number of hydrogen-bond donors (Lipinski definition) is 2. The van der Waals surface area contributed by atoms with E-state index < -0.39 is 6.10 Å². The SMILES string of the molecule is C=C[C@H]([C@H](CO)Cc1ccccc1)[C@H](C)O. The molecule has 3 atom stereocenters. The summed E-state index contributed by atoms with van der Waals surface area (Å²) in [5.41, 5.74) is 1.18. The Morgan fingerprint density at radius 1 is 1.31 bits per heavy atom. The van der Waals surface area contributed by atoms with Gasteiger partial charge in [0.25, 0.3) is 0 Å². The van der Waals surface area contributed by atoms with Crippen molar-refractivity contribution >= 4 is 0 Å². The number of rotatable bonds is 6. The van der Waals surface area contributed by atoms with Gasteiger partial charge in [0.15, 0.2) is 0 Å². The summed E-state index contributed by atoms with van der Waals surface area (Å²) in [6.07, 6.45) is 2.02. The Morgan fingerprint density at radius 3 is 2.38 bits per heavy atom. The number of aliphatic hydroxyl groups is 2. The summed E-state index contributed by atoms with van der Waals surface area (Å²) < 4.78 is 0. The monoisotopic (exact) mass is 220 g/mol. The minimum atomic E-state index is -0.474. The fourth-order valence-electron chi connectivity index (χ4n) is 2.02. The van der Waals surface area contributed by atoms with E-state index in [1.54, 1.807) is 13.0 Å². The zero-order valence-corrected chi connectivity index (χ0v) is 9.71. The summed E-state index contributed by atoms with van der Waals surface area (Å²) in [7, 11) is 0. The molecular weight excluding hydrogens is 200 g/mol. The zero-order chi connectivity index (χ0) is 12.0. The third-order valence-electron chi connectivity index (χ3n) is 2.95. The standard InChI is InChI=1S/C14H20O2/c1-3-14(11(2)16)13(10-15)9-12-7-5-4-6-8-12/h3-8,11,13-16H,1,9-10H2,2H3/t11-,13-,14-/m0/s1. The second-order valence-corrected chi connectivity index (χ2v) is 4.19. The first kappa shape index (κ1) is 12.9. The molecule has 1 aromatic rings. The van der Waals surface area contributed by atoms with Crippen molar-refractivity contribution in [3.63, 3.8) is 0 Å². The van der Waals surface area contributed by atoms with E-state index in [0.717, 1.165) is 6.42 Å². The molecule has 0 saturated heterocycles. The molecule has 16 heavy (non-hydrogen) atoms. The van der Waals surface area contributed by atoms with Crippen LogP contribution in [0.15, 0.2) is 43.0 Å². The van der Waals surface area contributed by atoms with Crippen molar-refractivity contribution in [3.05, 3.63) is 48.6 Å². The summed E-state index contributed by atoms with van der Waals surface area (Å²) in [6, 6.07) is 10.00. The molecule has 88 valence electrons. The number of aliphatic hydroxyl groups excluding tert-OH is 2. The molecular formula is C14H20O2. The van der Waals surface area contributed by atoms with Crippen LogP contribution in [0, 0.1) is 11.8 Å². The summed E-state index contributed by atoms with van der Waals surface area (Å²) in [4.78, 5) is 0. The Bertz CT molecular complexity index is 306. The highest BCUT2D eigenvalue weighted by Gasteiger charge is 2.22. The maximum absolute atomic E-state index is 9.61. The maximum atomic E-state index is 9.61. The molecule has 0 aliphatic heterocycles. The minimum Gasteiger partial charge on any atom is -0.396 e. The highest BCUT2D eigenvalue weighted by atomic mass is 16.3. The Labute approximate surface area is 97.2 Å². The second kappa shape index (κ2) is 6.46. The molecule has 1 rings (SSSR count). The highest BCUT2D eigenvalue weighted by Crippen LogP contribution is 2.21. The lowest BCUT2D eigenvalue weighted by Gasteiger charge is -2.25. The van der Waals surface area contributed by atoms with Gasteiger partial charge in [-0.2, -0.15) is 0 Å². The third kappa shape index (κ3) is 3.47. The molecule has 2 N–H and O–H groups in total. The van der Waals surface area contributed by atoms with Crippen molar-refractivity contribution in [2.75, 3.05) is 6.61 Å². The van der Waals surface area contributed by atoms with Gasteiger partial charge in [-0.1, -0.05) is 36.4 Å². The van der Waals surface area contributed by atoms with Crippen LogP contribution in [0.25, 0.3) is 0 Å². The Morgan fingerprint density at radius 2 is 1.94 bits per heavy atom. The van der Waals surface area contributed by atoms with Crippen LogP contribution < -0.4 is 0 Å².